The number of nitrogens with one attached hydrogen (secondary N) is 2. The van der Waals surface area contributed by atoms with E-state index in [1.165, 1.54) is 6.20 Å². The molecule has 3 atom stereocenters. The van der Waals surface area contributed by atoms with Crippen molar-refractivity contribution in [2.45, 2.75) is 43.6 Å². The normalized spacial score (nSPS) is 22.2. The molecule has 174 valence electrons. The van der Waals surface area contributed by atoms with Crippen LogP contribution in [0.2, 0.25) is 0 Å². The van der Waals surface area contributed by atoms with E-state index in [4.69, 9.17) is 4.74 Å². The first kappa shape index (κ1) is 22.8. The second-order valence-corrected chi connectivity index (χ2v) is 8.70. The summed E-state index contributed by atoms with van der Waals surface area (Å²) in [4.78, 5) is 20.4. The number of ether oxygens (including phenoxy) is 1. The smallest absolute Gasteiger partial charge is 0.388 e. The van der Waals surface area contributed by atoms with Crippen LogP contribution in [0.3, 0.4) is 0 Å². The first-order valence-electron chi connectivity index (χ1n) is 9.77. The highest BCUT2D eigenvalue weighted by Gasteiger charge is 2.49. The van der Waals surface area contributed by atoms with Crippen LogP contribution in [0.25, 0.3) is 10.4 Å². The number of hydrogen-bond acceptors (Lipinski definition) is 7. The highest BCUT2D eigenvalue weighted by Crippen LogP contribution is 2.42. The molecule has 0 bridgehead atoms. The van der Waals surface area contributed by atoms with Crippen molar-refractivity contribution in [3.63, 3.8) is 0 Å². The lowest BCUT2D eigenvalue weighted by atomic mass is 10.1. The summed E-state index contributed by atoms with van der Waals surface area (Å²) in [6.07, 6.45) is -5.27. The highest BCUT2D eigenvalue weighted by atomic mass is 32.1. The summed E-state index contributed by atoms with van der Waals surface area (Å²) >= 11 is 0.830. The van der Waals surface area contributed by atoms with Gasteiger partial charge in [0, 0.05) is 23.5 Å². The molecule has 13 heteroatoms. The highest BCUT2D eigenvalue weighted by molar-refractivity contribution is 7.17. The van der Waals surface area contributed by atoms with E-state index in [1.807, 2.05) is 0 Å². The van der Waals surface area contributed by atoms with Gasteiger partial charge in [0.25, 0.3) is 12.3 Å². The van der Waals surface area contributed by atoms with Crippen LogP contribution in [0.1, 0.15) is 34.6 Å². The zero-order valence-corrected chi connectivity index (χ0v) is 17.2. The summed E-state index contributed by atoms with van der Waals surface area (Å²) in [6.45, 7) is 0.229. The standard InChI is InChI=1S/C19H19F5N4O3S/c20-16(21)9-3-14(28-15(8-1-2-8)19(22,23)24)25-4-10(9)13-5-26-18(32-13)17(30)27-11-6-31-7-12(11)29/h3-5,8,11-12,15-16,29H,1-2,6-7H2,(H,25,28)(H,27,30)/t11-,12-,15-/m0/s1. The van der Waals surface area contributed by atoms with Crippen molar-refractivity contribution in [3.8, 4) is 10.4 Å². The Morgan fingerprint density at radius 3 is 2.56 bits per heavy atom. The van der Waals surface area contributed by atoms with Gasteiger partial charge < -0.3 is 20.5 Å². The van der Waals surface area contributed by atoms with Crippen LogP contribution < -0.4 is 10.6 Å². The third kappa shape index (κ3) is 4.99. The van der Waals surface area contributed by atoms with Crippen LogP contribution >= 0.6 is 11.3 Å². The Bertz CT molecular complexity index is 982. The third-order valence-electron chi connectivity index (χ3n) is 5.25. The van der Waals surface area contributed by atoms with Crippen LogP contribution in [0.5, 0.6) is 0 Å². The molecule has 32 heavy (non-hydrogen) atoms. The van der Waals surface area contributed by atoms with E-state index in [1.54, 1.807) is 0 Å². The van der Waals surface area contributed by atoms with Gasteiger partial charge >= 0.3 is 6.18 Å². The quantitative estimate of drug-likeness (QED) is 0.528. The lowest BCUT2D eigenvalue weighted by Crippen LogP contribution is -2.42. The van der Waals surface area contributed by atoms with Gasteiger partial charge in [0.05, 0.1) is 30.2 Å². The van der Waals surface area contributed by atoms with Gasteiger partial charge in [-0.05, 0) is 24.8 Å². The SMILES string of the molecule is O=C(N[C@H]1COC[C@@H]1O)c1ncc(-c2cnc(N[C@@H](C3CC3)C(F)(F)F)cc2C(F)F)s1. The fourth-order valence-corrected chi connectivity index (χ4v) is 4.26. The summed E-state index contributed by atoms with van der Waals surface area (Å²) in [5, 5.41) is 14.5. The van der Waals surface area contributed by atoms with Gasteiger partial charge in [-0.15, -0.1) is 11.3 Å². The molecule has 1 aliphatic carbocycles. The molecule has 0 spiro atoms. The molecule has 3 heterocycles. The number of aromatic nitrogens is 2. The van der Waals surface area contributed by atoms with E-state index in [9.17, 15) is 31.9 Å². The van der Waals surface area contributed by atoms with Gasteiger partial charge in [-0.25, -0.2) is 18.7 Å². The molecule has 2 aliphatic rings. The average molecular weight is 478 g/mol. The molecular weight excluding hydrogens is 459 g/mol. The number of amides is 1. The van der Waals surface area contributed by atoms with E-state index in [-0.39, 0.29) is 34.5 Å². The molecule has 2 fully saturated rings. The summed E-state index contributed by atoms with van der Waals surface area (Å²) in [6, 6.07) is -1.56. The molecule has 1 amide bonds. The molecule has 0 unspecified atom stereocenters. The first-order chi connectivity index (χ1) is 15.1. The number of nitrogens with zero attached hydrogens (tertiary/aromatic N) is 2. The summed E-state index contributed by atoms with van der Waals surface area (Å²) < 4.78 is 72.2. The van der Waals surface area contributed by atoms with Crippen molar-refractivity contribution in [1.29, 1.82) is 0 Å². The summed E-state index contributed by atoms with van der Waals surface area (Å²) in [7, 11) is 0. The maximum atomic E-state index is 13.7. The van der Waals surface area contributed by atoms with Crippen molar-refractivity contribution in [2.24, 2.45) is 5.92 Å². The van der Waals surface area contributed by atoms with Crippen LogP contribution in [0, 0.1) is 5.92 Å². The monoisotopic (exact) mass is 478 g/mol. The molecule has 1 saturated carbocycles. The lowest BCUT2D eigenvalue weighted by molar-refractivity contribution is -0.146. The van der Waals surface area contributed by atoms with Crippen LogP contribution in [-0.4, -0.2) is 58.6 Å². The number of rotatable bonds is 7. The van der Waals surface area contributed by atoms with Gasteiger partial charge in [-0.3, -0.25) is 4.79 Å². The largest absolute Gasteiger partial charge is 0.408 e. The predicted molar refractivity (Wildman–Crippen MR) is 105 cm³/mol. The average Bonchev–Trinajstić information content (AvgIpc) is 3.29. The number of alkyl halides is 5. The van der Waals surface area contributed by atoms with E-state index >= 15 is 0 Å². The first-order valence-corrected chi connectivity index (χ1v) is 10.6. The number of aliphatic hydroxyl groups is 1. The number of carbonyl (C=O) groups is 1. The molecule has 1 aliphatic heterocycles. The van der Waals surface area contributed by atoms with Crippen molar-refractivity contribution in [2.75, 3.05) is 18.5 Å². The second-order valence-electron chi connectivity index (χ2n) is 7.67. The Labute approximate surface area is 183 Å². The number of hydrogen-bond donors (Lipinski definition) is 3. The molecule has 2 aromatic heterocycles. The fourth-order valence-electron chi connectivity index (χ4n) is 3.41. The number of aliphatic hydroxyl groups excluding tert-OH is 1. The number of halogens is 5. The zero-order chi connectivity index (χ0) is 23.0. The van der Waals surface area contributed by atoms with Gasteiger partial charge in [0.2, 0.25) is 0 Å². The molecule has 7 nitrogen and oxygen atoms in total. The number of anilines is 1. The fraction of sp³-hybridized carbons (Fsp3) is 0.526. The van der Waals surface area contributed by atoms with Crippen LogP contribution in [-0.2, 0) is 4.74 Å². The Morgan fingerprint density at radius 1 is 1.22 bits per heavy atom. The molecule has 2 aromatic rings. The third-order valence-corrected chi connectivity index (χ3v) is 6.28. The molecule has 0 aromatic carbocycles. The molecule has 0 radical (unpaired) electrons. The van der Waals surface area contributed by atoms with E-state index in [0.29, 0.717) is 12.8 Å². The minimum Gasteiger partial charge on any atom is -0.388 e. The van der Waals surface area contributed by atoms with E-state index in [2.05, 4.69) is 20.6 Å². The zero-order valence-electron chi connectivity index (χ0n) is 16.4. The summed E-state index contributed by atoms with van der Waals surface area (Å²) in [5.74, 6) is -1.49. The molecule has 3 N–H and O–H groups in total. The number of pyridine rings is 1. The van der Waals surface area contributed by atoms with Gasteiger partial charge in [0.15, 0.2) is 5.01 Å². The van der Waals surface area contributed by atoms with Crippen molar-refractivity contribution < 1.29 is 36.6 Å². The Morgan fingerprint density at radius 2 is 1.97 bits per heavy atom. The molecule has 1 saturated heterocycles. The Hall–Kier alpha value is -2.38. The predicted octanol–water partition coefficient (Wildman–Crippen LogP) is 3.39. The van der Waals surface area contributed by atoms with Gasteiger partial charge in [-0.1, -0.05) is 0 Å². The molecule has 4 rings (SSSR count). The lowest BCUT2D eigenvalue weighted by Gasteiger charge is -2.22. The topological polar surface area (TPSA) is 96.4 Å². The number of thiazole rings is 1. The molecular formula is C19H19F5N4O3S. The van der Waals surface area contributed by atoms with Crippen LogP contribution in [0.15, 0.2) is 18.5 Å². The maximum Gasteiger partial charge on any atom is 0.408 e. The Kier molecular flexibility index (Phi) is 6.32. The maximum absolute atomic E-state index is 13.7. The van der Waals surface area contributed by atoms with Gasteiger partial charge in [-0.2, -0.15) is 13.2 Å². The van der Waals surface area contributed by atoms with Crippen molar-refractivity contribution in [1.82, 2.24) is 15.3 Å². The minimum atomic E-state index is -4.52. The number of carbonyl (C=O) groups excluding carboxylic acids is 1. The summed E-state index contributed by atoms with van der Waals surface area (Å²) in [5.41, 5.74) is -0.546. The van der Waals surface area contributed by atoms with Crippen molar-refractivity contribution in [3.05, 3.63) is 29.0 Å². The van der Waals surface area contributed by atoms with Crippen LogP contribution in [0.4, 0.5) is 27.8 Å². The van der Waals surface area contributed by atoms with Gasteiger partial charge in [0.1, 0.15) is 11.9 Å². The van der Waals surface area contributed by atoms with E-state index < -0.39 is 48.2 Å². The second kappa shape index (κ2) is 8.87. The van der Waals surface area contributed by atoms with E-state index in [0.717, 1.165) is 23.6 Å². The minimum absolute atomic E-state index is 0.0209. The van der Waals surface area contributed by atoms with Crippen molar-refractivity contribution >= 4 is 23.1 Å². The Balaban J connectivity index is 1.54.